The van der Waals surface area contributed by atoms with E-state index in [1.807, 2.05) is 13.8 Å². The monoisotopic (exact) mass is 837 g/mol. The number of amides is 2. The highest BCUT2D eigenvalue weighted by Gasteiger charge is 2.38. The molecular weight excluding hydrogens is 745 g/mol. The first-order chi connectivity index (χ1) is 28.5. The van der Waals surface area contributed by atoms with Crippen LogP contribution in [0, 0.1) is 5.92 Å². The lowest BCUT2D eigenvalue weighted by Gasteiger charge is -2.30. The van der Waals surface area contributed by atoms with Gasteiger partial charge in [-0.05, 0) is 45.4 Å². The summed E-state index contributed by atoms with van der Waals surface area (Å²) in [4.78, 5) is 53.5. The van der Waals surface area contributed by atoms with Gasteiger partial charge >= 0.3 is 11.9 Å². The van der Waals surface area contributed by atoms with Gasteiger partial charge in [-0.1, -0.05) is 156 Å². The molecule has 0 radical (unpaired) electrons. The van der Waals surface area contributed by atoms with E-state index in [0.717, 1.165) is 51.4 Å². The van der Waals surface area contributed by atoms with Crippen molar-refractivity contribution >= 4 is 23.8 Å². The Balaban J connectivity index is 2.54. The van der Waals surface area contributed by atoms with E-state index in [-0.39, 0.29) is 73.4 Å². The third-order valence-electron chi connectivity index (χ3n) is 12.6. The number of nitrogens with one attached hydrogen (secondary N) is 1. The summed E-state index contributed by atoms with van der Waals surface area (Å²) in [5, 5.41) is 2.96. The minimum atomic E-state index is -0.451. The van der Waals surface area contributed by atoms with Crippen LogP contribution in [0.2, 0.25) is 0 Å². The normalized spacial score (nSPS) is 17.4. The number of nitrogens with zero attached hydrogens (tertiary/aromatic N) is 1. The SMILES string of the molecule is CCCCCCCCCCCCCC(=O)OC[C@@H]1C[C@@H](OC(=O)CCCCCCCCCCCCC)CN1C(=O)CCC(=O)NCCC(C)C(C)OCC(C)(CC)OC. The lowest BCUT2D eigenvalue weighted by atomic mass is 10.0. The van der Waals surface area contributed by atoms with Crippen molar-refractivity contribution in [2.45, 2.75) is 252 Å². The minimum absolute atomic E-state index is 0.0113. The van der Waals surface area contributed by atoms with Crippen molar-refractivity contribution in [2.24, 2.45) is 5.92 Å². The summed E-state index contributed by atoms with van der Waals surface area (Å²) in [6, 6.07) is -0.387. The summed E-state index contributed by atoms with van der Waals surface area (Å²) in [5.41, 5.74) is -0.315. The van der Waals surface area contributed by atoms with Gasteiger partial charge in [0.15, 0.2) is 0 Å². The zero-order chi connectivity index (χ0) is 43.6. The Bertz CT molecular complexity index is 1080. The number of rotatable bonds is 39. The molecule has 0 bridgehead atoms. The molecule has 0 aromatic heterocycles. The Hall–Kier alpha value is -2.20. The smallest absolute Gasteiger partial charge is 0.306 e. The van der Waals surface area contributed by atoms with Gasteiger partial charge in [0.1, 0.15) is 12.7 Å². The number of hydrogen-bond donors (Lipinski definition) is 1. The molecule has 1 fully saturated rings. The fourth-order valence-electron chi connectivity index (χ4n) is 7.70. The first kappa shape index (κ1) is 54.8. The quantitative estimate of drug-likeness (QED) is 0.0480. The maximum absolute atomic E-state index is 13.5. The van der Waals surface area contributed by atoms with Crippen molar-refractivity contribution in [3.05, 3.63) is 0 Å². The number of carbonyl (C=O) groups is 4. The Kier molecular flexibility index (Phi) is 32.9. The third-order valence-corrected chi connectivity index (χ3v) is 12.6. The molecule has 5 atom stereocenters. The first-order valence-electron chi connectivity index (χ1n) is 24.6. The van der Waals surface area contributed by atoms with Gasteiger partial charge in [-0.15, -0.1) is 0 Å². The van der Waals surface area contributed by atoms with Gasteiger partial charge in [0, 0.05) is 45.8 Å². The van der Waals surface area contributed by atoms with Crippen LogP contribution in [0.5, 0.6) is 0 Å². The molecule has 1 aliphatic heterocycles. The maximum Gasteiger partial charge on any atom is 0.306 e. The van der Waals surface area contributed by atoms with Crippen LogP contribution in [0.25, 0.3) is 0 Å². The second kappa shape index (κ2) is 35.4. The molecule has 2 amide bonds. The Morgan fingerprint density at radius 3 is 1.66 bits per heavy atom. The molecule has 59 heavy (non-hydrogen) atoms. The predicted octanol–water partition coefficient (Wildman–Crippen LogP) is 11.6. The molecule has 0 aromatic rings. The van der Waals surface area contributed by atoms with Crippen LogP contribution >= 0.6 is 0 Å². The molecule has 0 spiro atoms. The Morgan fingerprint density at radius 2 is 1.17 bits per heavy atom. The van der Waals surface area contributed by atoms with E-state index in [4.69, 9.17) is 18.9 Å². The second-order valence-corrected chi connectivity index (χ2v) is 17.9. The molecule has 0 saturated carbocycles. The van der Waals surface area contributed by atoms with Crippen LogP contribution < -0.4 is 5.32 Å². The standard InChI is InChI=1S/C49H92N2O8/c1-8-11-13-15-17-19-21-23-25-27-29-31-47(54)57-39-43-37-44(59-48(55)32-30-28-26-24-22-20-18-16-14-12-9-2)38-51(43)46(53)34-33-45(52)50-36-35-41(4)42(5)58-40-49(6,10-3)56-7/h41-44H,8-40H2,1-7H3,(H,50,52)/t41?,42?,43-,44+,49?/m0/s1. The van der Waals surface area contributed by atoms with E-state index in [0.29, 0.717) is 32.4 Å². The van der Waals surface area contributed by atoms with Crippen molar-refractivity contribution < 1.29 is 38.1 Å². The van der Waals surface area contributed by atoms with E-state index in [2.05, 4.69) is 33.0 Å². The molecule has 1 saturated heterocycles. The van der Waals surface area contributed by atoms with Crippen molar-refractivity contribution in [3.63, 3.8) is 0 Å². The van der Waals surface area contributed by atoms with Gasteiger partial charge in [0.2, 0.25) is 11.8 Å². The van der Waals surface area contributed by atoms with Gasteiger partial charge in [-0.3, -0.25) is 19.2 Å². The molecule has 1 aliphatic rings. The topological polar surface area (TPSA) is 120 Å². The third kappa shape index (κ3) is 28.1. The van der Waals surface area contributed by atoms with Gasteiger partial charge in [-0.25, -0.2) is 0 Å². The summed E-state index contributed by atoms with van der Waals surface area (Å²) in [7, 11) is 1.70. The van der Waals surface area contributed by atoms with E-state index >= 15 is 0 Å². The van der Waals surface area contributed by atoms with Crippen LogP contribution in [0.1, 0.15) is 228 Å². The Labute approximate surface area is 362 Å². The van der Waals surface area contributed by atoms with Crippen molar-refractivity contribution in [3.8, 4) is 0 Å². The fraction of sp³-hybridized carbons (Fsp3) is 0.918. The predicted molar refractivity (Wildman–Crippen MR) is 240 cm³/mol. The van der Waals surface area contributed by atoms with Gasteiger partial charge in [-0.2, -0.15) is 0 Å². The molecule has 1 N–H and O–H groups in total. The molecular formula is C49H92N2O8. The summed E-state index contributed by atoms with van der Waals surface area (Å²) in [5.74, 6) is -0.632. The van der Waals surface area contributed by atoms with Crippen molar-refractivity contribution in [1.82, 2.24) is 10.2 Å². The molecule has 0 aromatic carbocycles. The van der Waals surface area contributed by atoms with Crippen LogP contribution in [0.15, 0.2) is 0 Å². The lowest BCUT2D eigenvalue weighted by molar-refractivity contribution is -0.149. The average Bonchev–Trinajstić information content (AvgIpc) is 3.64. The van der Waals surface area contributed by atoms with Crippen LogP contribution in [-0.2, 0) is 38.1 Å². The number of methoxy groups -OCH3 is 1. The van der Waals surface area contributed by atoms with Crippen LogP contribution in [0.3, 0.4) is 0 Å². The number of ether oxygens (including phenoxy) is 4. The summed E-state index contributed by atoms with van der Waals surface area (Å²) < 4.78 is 23.2. The molecule has 1 heterocycles. The summed E-state index contributed by atoms with van der Waals surface area (Å²) >= 11 is 0. The van der Waals surface area contributed by atoms with Crippen LogP contribution in [0.4, 0.5) is 0 Å². The molecule has 10 heteroatoms. The van der Waals surface area contributed by atoms with Crippen molar-refractivity contribution in [2.75, 3.05) is 33.4 Å². The first-order valence-corrected chi connectivity index (χ1v) is 24.6. The van der Waals surface area contributed by atoms with E-state index < -0.39 is 6.10 Å². The highest BCUT2D eigenvalue weighted by molar-refractivity contribution is 5.84. The van der Waals surface area contributed by atoms with Gasteiger partial charge < -0.3 is 29.2 Å². The lowest BCUT2D eigenvalue weighted by Crippen LogP contribution is -2.39. The number of hydrogen-bond acceptors (Lipinski definition) is 8. The van der Waals surface area contributed by atoms with Crippen molar-refractivity contribution in [1.29, 1.82) is 0 Å². The molecule has 346 valence electrons. The highest BCUT2D eigenvalue weighted by atomic mass is 16.6. The zero-order valence-electron chi connectivity index (χ0n) is 39.4. The molecule has 0 aliphatic carbocycles. The average molecular weight is 837 g/mol. The zero-order valence-corrected chi connectivity index (χ0v) is 39.4. The summed E-state index contributed by atoms with van der Waals surface area (Å²) in [6.07, 6.45) is 29.1. The summed E-state index contributed by atoms with van der Waals surface area (Å²) in [6.45, 7) is 14.1. The fourth-order valence-corrected chi connectivity index (χ4v) is 7.70. The highest BCUT2D eigenvalue weighted by Crippen LogP contribution is 2.24. The molecule has 3 unspecified atom stereocenters. The number of unbranched alkanes of at least 4 members (excludes halogenated alkanes) is 20. The van der Waals surface area contributed by atoms with E-state index in [1.54, 1.807) is 12.0 Å². The maximum atomic E-state index is 13.5. The molecule has 1 rings (SSSR count). The number of carbonyl (C=O) groups excluding carboxylic acids is 4. The second-order valence-electron chi connectivity index (χ2n) is 17.9. The largest absolute Gasteiger partial charge is 0.463 e. The van der Waals surface area contributed by atoms with Crippen LogP contribution in [-0.4, -0.2) is 85.9 Å². The van der Waals surface area contributed by atoms with E-state index in [9.17, 15) is 19.2 Å². The minimum Gasteiger partial charge on any atom is -0.463 e. The van der Waals surface area contributed by atoms with Gasteiger partial charge in [0.25, 0.3) is 0 Å². The van der Waals surface area contributed by atoms with E-state index in [1.165, 1.54) is 103 Å². The van der Waals surface area contributed by atoms with Gasteiger partial charge in [0.05, 0.1) is 30.9 Å². The Morgan fingerprint density at radius 1 is 0.678 bits per heavy atom. The molecule has 10 nitrogen and oxygen atoms in total. The number of esters is 2. The number of likely N-dealkylation sites (tertiary alicyclic amines) is 1.